The number of carbonyl (C=O) groups excluding carboxylic acids is 1. The molecular weight excluding hydrogens is 413 g/mol. The molecule has 0 saturated heterocycles. The summed E-state index contributed by atoms with van der Waals surface area (Å²) >= 11 is 17.2. The second kappa shape index (κ2) is 7.87. The van der Waals surface area contributed by atoms with Gasteiger partial charge in [-0.3, -0.25) is 24.6 Å². The molecule has 0 bridgehead atoms. The summed E-state index contributed by atoms with van der Waals surface area (Å²) in [6, 6.07) is 10.3. The Bertz CT molecular complexity index is 1080. The highest BCUT2D eigenvalue weighted by molar-refractivity contribution is 7.71. The van der Waals surface area contributed by atoms with Gasteiger partial charge in [-0.15, -0.1) is 0 Å². The average Bonchev–Trinajstić information content (AvgIpc) is 3.02. The normalized spacial score (nSPS) is 10.6. The number of hydrogen-bond acceptors (Lipinski definition) is 5. The number of aromatic nitrogens is 3. The van der Waals surface area contributed by atoms with Crippen molar-refractivity contribution in [1.82, 2.24) is 20.1 Å². The van der Waals surface area contributed by atoms with E-state index in [1.54, 1.807) is 22.8 Å². The van der Waals surface area contributed by atoms with E-state index in [2.05, 4.69) is 15.5 Å². The minimum atomic E-state index is -0.531. The van der Waals surface area contributed by atoms with Gasteiger partial charge >= 0.3 is 0 Å². The van der Waals surface area contributed by atoms with Crippen molar-refractivity contribution in [2.75, 3.05) is 0 Å². The van der Waals surface area contributed by atoms with Crippen LogP contribution >= 0.6 is 35.4 Å². The Hall–Kier alpha value is -2.75. The quantitative estimate of drug-likeness (QED) is 0.365. The largest absolute Gasteiger partial charge is 0.345 e. The van der Waals surface area contributed by atoms with Crippen molar-refractivity contribution < 1.29 is 9.72 Å². The standard InChI is InChI=1S/C16H11Cl2N5O3S/c17-12-6-5-11(7-13(12)18)22-14(20-21-16(22)27)8-19-15(24)9-1-3-10(4-2-9)23(25)26/h1-7H,8H2,(H,19,24)(H,21,27). The molecule has 0 saturated carbocycles. The molecule has 0 spiro atoms. The van der Waals surface area contributed by atoms with Gasteiger partial charge in [0.1, 0.15) is 0 Å². The second-order valence-electron chi connectivity index (χ2n) is 5.37. The Labute approximate surface area is 167 Å². The fourth-order valence-electron chi connectivity index (χ4n) is 2.33. The minimum absolute atomic E-state index is 0.0726. The topological polar surface area (TPSA) is 106 Å². The van der Waals surface area contributed by atoms with E-state index in [0.717, 1.165) is 0 Å². The zero-order valence-electron chi connectivity index (χ0n) is 13.5. The maximum Gasteiger partial charge on any atom is 0.269 e. The lowest BCUT2D eigenvalue weighted by atomic mass is 10.2. The van der Waals surface area contributed by atoms with Crippen LogP contribution < -0.4 is 5.32 Å². The van der Waals surface area contributed by atoms with Gasteiger partial charge in [-0.25, -0.2) is 0 Å². The molecule has 2 aromatic carbocycles. The Morgan fingerprint density at radius 2 is 1.93 bits per heavy atom. The fraction of sp³-hybridized carbons (Fsp3) is 0.0625. The Morgan fingerprint density at radius 1 is 1.22 bits per heavy atom. The summed E-state index contributed by atoms with van der Waals surface area (Å²) in [4.78, 5) is 22.4. The minimum Gasteiger partial charge on any atom is -0.345 e. The Kier molecular flexibility index (Phi) is 5.54. The van der Waals surface area contributed by atoms with Gasteiger partial charge < -0.3 is 5.32 Å². The maximum atomic E-state index is 12.3. The SMILES string of the molecule is O=C(NCc1n[nH]c(=S)n1-c1ccc(Cl)c(Cl)c1)c1ccc([N+](=O)[O-])cc1. The van der Waals surface area contributed by atoms with E-state index < -0.39 is 10.8 Å². The first-order chi connectivity index (χ1) is 12.9. The van der Waals surface area contributed by atoms with E-state index in [9.17, 15) is 14.9 Å². The van der Waals surface area contributed by atoms with Gasteiger partial charge in [0, 0.05) is 17.7 Å². The van der Waals surface area contributed by atoms with Gasteiger partial charge in [-0.2, -0.15) is 5.10 Å². The predicted molar refractivity (Wildman–Crippen MR) is 103 cm³/mol. The lowest BCUT2D eigenvalue weighted by molar-refractivity contribution is -0.384. The van der Waals surface area contributed by atoms with Gasteiger partial charge in [-0.05, 0) is 42.5 Å². The first-order valence-corrected chi connectivity index (χ1v) is 8.67. The summed E-state index contributed by atoms with van der Waals surface area (Å²) in [5, 5.41) is 20.9. The molecule has 1 amide bonds. The predicted octanol–water partition coefficient (Wildman–Crippen LogP) is 4.07. The van der Waals surface area contributed by atoms with Crippen LogP contribution in [0.4, 0.5) is 5.69 Å². The lowest BCUT2D eigenvalue weighted by Gasteiger charge is -2.09. The molecule has 0 fully saturated rings. The summed E-state index contributed by atoms with van der Waals surface area (Å²) in [7, 11) is 0. The van der Waals surface area contributed by atoms with E-state index in [4.69, 9.17) is 35.4 Å². The summed E-state index contributed by atoms with van der Waals surface area (Å²) < 4.78 is 1.95. The van der Waals surface area contributed by atoms with Gasteiger partial charge in [0.2, 0.25) is 0 Å². The Balaban J connectivity index is 1.79. The van der Waals surface area contributed by atoms with Crippen molar-refractivity contribution in [3.8, 4) is 5.69 Å². The highest BCUT2D eigenvalue weighted by Gasteiger charge is 2.13. The number of rotatable bonds is 5. The number of amides is 1. The average molecular weight is 424 g/mol. The number of hydrogen-bond donors (Lipinski definition) is 2. The molecule has 11 heteroatoms. The van der Waals surface area contributed by atoms with E-state index in [-0.39, 0.29) is 17.8 Å². The van der Waals surface area contributed by atoms with Crippen LogP contribution in [-0.2, 0) is 6.54 Å². The smallest absolute Gasteiger partial charge is 0.269 e. The lowest BCUT2D eigenvalue weighted by Crippen LogP contribution is -2.24. The monoisotopic (exact) mass is 423 g/mol. The molecule has 1 heterocycles. The molecule has 0 atom stereocenters. The van der Waals surface area contributed by atoms with E-state index in [0.29, 0.717) is 26.3 Å². The molecule has 0 unspecified atom stereocenters. The van der Waals surface area contributed by atoms with Crippen LogP contribution in [0.2, 0.25) is 10.0 Å². The second-order valence-corrected chi connectivity index (χ2v) is 6.57. The number of halogens is 2. The Morgan fingerprint density at radius 3 is 2.56 bits per heavy atom. The number of benzene rings is 2. The van der Waals surface area contributed by atoms with Crippen LogP contribution in [0.15, 0.2) is 42.5 Å². The highest BCUT2D eigenvalue weighted by atomic mass is 35.5. The molecule has 8 nitrogen and oxygen atoms in total. The zero-order chi connectivity index (χ0) is 19.6. The molecule has 0 aliphatic rings. The number of nitro benzene ring substituents is 1. The third-order valence-corrected chi connectivity index (χ3v) is 4.66. The third kappa shape index (κ3) is 4.16. The van der Waals surface area contributed by atoms with Crippen LogP contribution in [-0.4, -0.2) is 25.6 Å². The van der Waals surface area contributed by atoms with Crippen molar-refractivity contribution >= 4 is 47.0 Å². The fourth-order valence-corrected chi connectivity index (χ4v) is 2.88. The molecule has 138 valence electrons. The number of carbonyl (C=O) groups is 1. The van der Waals surface area contributed by atoms with Crippen molar-refractivity contribution in [1.29, 1.82) is 0 Å². The van der Waals surface area contributed by atoms with Crippen LogP contribution in [0.25, 0.3) is 5.69 Å². The van der Waals surface area contributed by atoms with Crippen molar-refractivity contribution in [2.24, 2.45) is 0 Å². The number of nitrogens with one attached hydrogen (secondary N) is 2. The van der Waals surface area contributed by atoms with E-state index in [1.165, 1.54) is 24.3 Å². The third-order valence-electron chi connectivity index (χ3n) is 3.65. The summed E-state index contributed by atoms with van der Waals surface area (Å²) in [6.45, 7) is 0.0726. The molecule has 0 aliphatic heterocycles. The van der Waals surface area contributed by atoms with Crippen LogP contribution in [0.5, 0.6) is 0 Å². The maximum absolute atomic E-state index is 12.3. The number of aromatic amines is 1. The van der Waals surface area contributed by atoms with Gasteiger partial charge in [0.15, 0.2) is 10.6 Å². The number of non-ortho nitro benzene ring substituents is 1. The van der Waals surface area contributed by atoms with Gasteiger partial charge in [0.25, 0.3) is 11.6 Å². The molecule has 3 aromatic rings. The summed E-state index contributed by atoms with van der Waals surface area (Å²) in [5.41, 5.74) is 0.839. The zero-order valence-corrected chi connectivity index (χ0v) is 15.8. The molecule has 2 N–H and O–H groups in total. The van der Waals surface area contributed by atoms with Crippen LogP contribution in [0, 0.1) is 14.9 Å². The molecule has 1 aromatic heterocycles. The molecule has 27 heavy (non-hydrogen) atoms. The van der Waals surface area contributed by atoms with Crippen LogP contribution in [0.1, 0.15) is 16.2 Å². The van der Waals surface area contributed by atoms with E-state index in [1.807, 2.05) is 0 Å². The number of nitro groups is 1. The van der Waals surface area contributed by atoms with Gasteiger partial charge in [-0.1, -0.05) is 23.2 Å². The number of nitrogens with zero attached hydrogens (tertiary/aromatic N) is 3. The molecule has 0 aliphatic carbocycles. The molecular formula is C16H11Cl2N5O3S. The van der Waals surface area contributed by atoms with Gasteiger partial charge in [0.05, 0.1) is 27.2 Å². The van der Waals surface area contributed by atoms with Crippen molar-refractivity contribution in [3.05, 3.63) is 78.8 Å². The molecule has 0 radical (unpaired) electrons. The van der Waals surface area contributed by atoms with E-state index >= 15 is 0 Å². The number of H-pyrrole nitrogens is 1. The highest BCUT2D eigenvalue weighted by Crippen LogP contribution is 2.25. The van der Waals surface area contributed by atoms with Crippen LogP contribution in [0.3, 0.4) is 0 Å². The van der Waals surface area contributed by atoms with Crippen molar-refractivity contribution in [3.63, 3.8) is 0 Å². The first kappa shape index (κ1) is 19.0. The summed E-state index contributed by atoms with van der Waals surface area (Å²) in [5.74, 6) is 0.0492. The van der Waals surface area contributed by atoms with Crippen molar-refractivity contribution in [2.45, 2.75) is 6.54 Å². The summed E-state index contributed by atoms with van der Waals surface area (Å²) in [6.07, 6.45) is 0. The molecule has 3 rings (SSSR count). The first-order valence-electron chi connectivity index (χ1n) is 7.51.